The Balaban J connectivity index is 1.61. The molecule has 1 aromatic carbocycles. The van der Waals surface area contributed by atoms with Crippen LogP contribution in [0.1, 0.15) is 24.8 Å². The average molecular weight is 366 g/mol. The summed E-state index contributed by atoms with van der Waals surface area (Å²) in [4.78, 5) is 18.4. The lowest BCUT2D eigenvalue weighted by Gasteiger charge is -2.24. The minimum atomic E-state index is -0.326. The number of hydrogen-bond acceptors (Lipinski definition) is 4. The van der Waals surface area contributed by atoms with E-state index in [0.29, 0.717) is 27.5 Å². The fourth-order valence-corrected chi connectivity index (χ4v) is 2.87. The number of carbonyl (C=O) groups is 1. The third-order valence-corrected chi connectivity index (χ3v) is 4.31. The van der Waals surface area contributed by atoms with Crippen LogP contribution in [0.2, 0.25) is 10.0 Å². The predicted molar refractivity (Wildman–Crippen MR) is 96.6 cm³/mol. The molecule has 3 rings (SSSR count). The lowest BCUT2D eigenvalue weighted by molar-refractivity contribution is -0.111. The number of amides is 1. The fraction of sp³-hybridized carbons (Fsp3) is 0.312. The van der Waals surface area contributed by atoms with Crippen molar-refractivity contribution in [3.63, 3.8) is 0 Å². The summed E-state index contributed by atoms with van der Waals surface area (Å²) in [6, 6.07) is 5.07. The van der Waals surface area contributed by atoms with Crippen molar-refractivity contribution < 1.29 is 4.79 Å². The smallest absolute Gasteiger partial charge is 0.250 e. The molecule has 1 aliphatic heterocycles. The lowest BCUT2D eigenvalue weighted by Crippen LogP contribution is -2.30. The maximum absolute atomic E-state index is 12.0. The number of aromatic amines is 1. The van der Waals surface area contributed by atoms with E-state index in [9.17, 15) is 4.79 Å². The quantitative estimate of drug-likeness (QED) is 0.809. The number of nitrogens with zero attached hydrogens (tertiary/aromatic N) is 3. The number of hydrogen-bond donors (Lipinski definition) is 2. The van der Waals surface area contributed by atoms with Crippen LogP contribution in [0.4, 0.5) is 11.9 Å². The number of H-pyrrole nitrogens is 1. The van der Waals surface area contributed by atoms with Gasteiger partial charge in [-0.25, -0.2) is 5.10 Å². The summed E-state index contributed by atoms with van der Waals surface area (Å²) < 4.78 is 0. The number of carbonyl (C=O) groups excluding carboxylic acids is 1. The van der Waals surface area contributed by atoms with Crippen molar-refractivity contribution in [1.82, 2.24) is 15.2 Å². The van der Waals surface area contributed by atoms with E-state index in [1.54, 1.807) is 24.3 Å². The second kappa shape index (κ2) is 7.68. The summed E-state index contributed by atoms with van der Waals surface area (Å²) in [5.74, 6) is 0.613. The predicted octanol–water partition coefficient (Wildman–Crippen LogP) is 3.75. The second-order valence-corrected chi connectivity index (χ2v) is 6.36. The van der Waals surface area contributed by atoms with Crippen molar-refractivity contribution in [2.24, 2.45) is 0 Å². The summed E-state index contributed by atoms with van der Waals surface area (Å²) in [6.45, 7) is 1.89. The van der Waals surface area contributed by atoms with Gasteiger partial charge in [0.15, 0.2) is 0 Å². The Bertz CT molecular complexity index is 753. The van der Waals surface area contributed by atoms with Crippen LogP contribution in [0, 0.1) is 0 Å². The van der Waals surface area contributed by atoms with Crippen LogP contribution in [0.25, 0.3) is 6.08 Å². The standard InChI is InChI=1S/C16H17Cl2N5O/c17-12-5-6-13(18)11(10-12)4-7-14(24)19-15-20-16(22-21-15)23-8-2-1-3-9-23/h4-7,10H,1-3,8-9H2,(H2,19,20,21,22,24)/b7-4+. The number of halogens is 2. The Labute approximate surface area is 149 Å². The van der Waals surface area contributed by atoms with E-state index in [1.807, 2.05) is 0 Å². The number of anilines is 2. The Morgan fingerprint density at radius 2 is 2.04 bits per heavy atom. The SMILES string of the molecule is O=C(/C=C/c1cc(Cl)ccc1Cl)Nc1nc(N2CCCCC2)n[nH]1. The zero-order chi connectivity index (χ0) is 16.9. The van der Waals surface area contributed by atoms with Gasteiger partial charge in [-0.1, -0.05) is 23.2 Å². The molecule has 0 spiro atoms. The topological polar surface area (TPSA) is 73.9 Å². The van der Waals surface area contributed by atoms with Crippen LogP contribution >= 0.6 is 23.2 Å². The number of nitrogens with one attached hydrogen (secondary N) is 2. The first-order chi connectivity index (χ1) is 11.6. The van der Waals surface area contributed by atoms with Gasteiger partial charge < -0.3 is 4.90 Å². The maximum Gasteiger partial charge on any atom is 0.250 e. The molecule has 24 heavy (non-hydrogen) atoms. The maximum atomic E-state index is 12.0. The molecule has 126 valence electrons. The molecule has 8 heteroatoms. The molecule has 0 radical (unpaired) electrons. The minimum Gasteiger partial charge on any atom is -0.340 e. The van der Waals surface area contributed by atoms with Crippen LogP contribution < -0.4 is 10.2 Å². The molecule has 1 fully saturated rings. The molecule has 6 nitrogen and oxygen atoms in total. The Morgan fingerprint density at radius 3 is 2.83 bits per heavy atom. The summed E-state index contributed by atoms with van der Waals surface area (Å²) >= 11 is 12.0. The second-order valence-electron chi connectivity index (χ2n) is 5.52. The number of rotatable bonds is 4. The van der Waals surface area contributed by atoms with Gasteiger partial charge in [-0.3, -0.25) is 10.1 Å². The molecule has 0 aliphatic carbocycles. The summed E-state index contributed by atoms with van der Waals surface area (Å²) in [7, 11) is 0. The van der Waals surface area contributed by atoms with Crippen molar-refractivity contribution in [2.75, 3.05) is 23.3 Å². The molecule has 0 bridgehead atoms. The molecule has 1 aliphatic rings. The largest absolute Gasteiger partial charge is 0.340 e. The van der Waals surface area contributed by atoms with Gasteiger partial charge in [-0.2, -0.15) is 4.98 Å². The third-order valence-electron chi connectivity index (χ3n) is 3.73. The van der Waals surface area contributed by atoms with Gasteiger partial charge in [0, 0.05) is 29.2 Å². The molecular formula is C16H17Cl2N5O. The van der Waals surface area contributed by atoms with Gasteiger partial charge in [-0.15, -0.1) is 5.10 Å². The van der Waals surface area contributed by atoms with E-state index in [1.165, 1.54) is 12.5 Å². The van der Waals surface area contributed by atoms with E-state index in [2.05, 4.69) is 25.4 Å². The van der Waals surface area contributed by atoms with Gasteiger partial charge in [0.2, 0.25) is 11.9 Å². The Kier molecular flexibility index (Phi) is 5.37. The number of piperidine rings is 1. The van der Waals surface area contributed by atoms with Crippen molar-refractivity contribution in [1.29, 1.82) is 0 Å². The first-order valence-electron chi connectivity index (χ1n) is 7.73. The molecule has 2 N–H and O–H groups in total. The van der Waals surface area contributed by atoms with Gasteiger partial charge >= 0.3 is 0 Å². The van der Waals surface area contributed by atoms with Gasteiger partial charge in [-0.05, 0) is 49.1 Å². The normalized spacial score (nSPS) is 15.0. The number of aromatic nitrogens is 3. The van der Waals surface area contributed by atoms with E-state index in [-0.39, 0.29) is 5.91 Å². The van der Waals surface area contributed by atoms with Crippen molar-refractivity contribution in [3.05, 3.63) is 39.9 Å². The van der Waals surface area contributed by atoms with Crippen molar-refractivity contribution in [2.45, 2.75) is 19.3 Å². The van der Waals surface area contributed by atoms with E-state index in [4.69, 9.17) is 23.2 Å². The zero-order valence-electron chi connectivity index (χ0n) is 12.9. The Hall–Kier alpha value is -2.05. The summed E-state index contributed by atoms with van der Waals surface area (Å²) in [6.07, 6.45) is 6.49. The third kappa shape index (κ3) is 4.27. The average Bonchev–Trinajstić information content (AvgIpc) is 3.05. The highest BCUT2D eigenvalue weighted by atomic mass is 35.5. The summed E-state index contributed by atoms with van der Waals surface area (Å²) in [5, 5.41) is 10.6. The first kappa shape index (κ1) is 16.8. The van der Waals surface area contributed by atoms with Crippen molar-refractivity contribution in [3.8, 4) is 0 Å². The van der Waals surface area contributed by atoms with E-state index < -0.39 is 0 Å². The Morgan fingerprint density at radius 1 is 1.25 bits per heavy atom. The lowest BCUT2D eigenvalue weighted by atomic mass is 10.1. The van der Waals surface area contributed by atoms with Crippen LogP contribution in [-0.4, -0.2) is 34.2 Å². The van der Waals surface area contributed by atoms with Gasteiger partial charge in [0.25, 0.3) is 5.91 Å². The highest BCUT2D eigenvalue weighted by Crippen LogP contribution is 2.22. The fourth-order valence-electron chi connectivity index (χ4n) is 2.51. The number of benzene rings is 1. The highest BCUT2D eigenvalue weighted by Gasteiger charge is 2.15. The highest BCUT2D eigenvalue weighted by molar-refractivity contribution is 6.34. The summed E-state index contributed by atoms with van der Waals surface area (Å²) in [5.41, 5.74) is 0.672. The van der Waals surface area contributed by atoms with Crippen LogP contribution in [0.3, 0.4) is 0 Å². The first-order valence-corrected chi connectivity index (χ1v) is 8.49. The molecule has 2 heterocycles. The van der Waals surface area contributed by atoms with Crippen molar-refractivity contribution >= 4 is 47.1 Å². The molecule has 1 saturated heterocycles. The van der Waals surface area contributed by atoms with E-state index >= 15 is 0 Å². The molecule has 0 unspecified atom stereocenters. The molecule has 1 aromatic heterocycles. The molecule has 2 aromatic rings. The minimum absolute atomic E-state index is 0.322. The molecular weight excluding hydrogens is 349 g/mol. The molecule has 0 atom stereocenters. The van der Waals surface area contributed by atoms with Gasteiger partial charge in [0.1, 0.15) is 0 Å². The van der Waals surface area contributed by atoms with Crippen LogP contribution in [-0.2, 0) is 4.79 Å². The monoisotopic (exact) mass is 365 g/mol. The molecule has 1 amide bonds. The van der Waals surface area contributed by atoms with Gasteiger partial charge in [0.05, 0.1) is 0 Å². The molecule has 0 saturated carbocycles. The van der Waals surface area contributed by atoms with Crippen LogP contribution in [0.5, 0.6) is 0 Å². The zero-order valence-corrected chi connectivity index (χ0v) is 14.4. The van der Waals surface area contributed by atoms with E-state index in [0.717, 1.165) is 25.9 Å². The van der Waals surface area contributed by atoms with Crippen LogP contribution in [0.15, 0.2) is 24.3 Å².